The minimum absolute atomic E-state index is 0.154. The topological polar surface area (TPSA) is 62.2 Å². The van der Waals surface area contributed by atoms with Crippen molar-refractivity contribution in [2.75, 3.05) is 6.54 Å². The second kappa shape index (κ2) is 5.87. The standard InChI is InChI=1S/C15H16BNO4/c18-14-11-17-10-4-7-13(17)15(19)21-16(20-14)9-8-12-5-2-1-3-6-12/h1-3,5-6,8-9,11,18-19H,4,7,10H2/b9-8?,14-11-,15-13-. The fraction of sp³-hybridized carbons (Fsp3) is 0.200. The Morgan fingerprint density at radius 1 is 1.14 bits per heavy atom. The van der Waals surface area contributed by atoms with E-state index in [1.807, 2.05) is 36.4 Å². The highest BCUT2D eigenvalue weighted by atomic mass is 16.7. The average molecular weight is 285 g/mol. The molecule has 0 bridgehead atoms. The molecule has 0 aromatic heterocycles. The number of hydrogen-bond donors (Lipinski definition) is 2. The molecule has 1 aromatic carbocycles. The van der Waals surface area contributed by atoms with E-state index in [9.17, 15) is 10.2 Å². The lowest BCUT2D eigenvalue weighted by atomic mass is 9.88. The Bertz CT molecular complexity index is 597. The Kier molecular flexibility index (Phi) is 3.77. The Labute approximate surface area is 123 Å². The van der Waals surface area contributed by atoms with Crippen LogP contribution >= 0.6 is 0 Å². The van der Waals surface area contributed by atoms with Crippen molar-refractivity contribution in [1.29, 1.82) is 0 Å². The number of benzene rings is 1. The summed E-state index contributed by atoms with van der Waals surface area (Å²) in [6.07, 6.45) is 4.90. The van der Waals surface area contributed by atoms with Gasteiger partial charge in [-0.1, -0.05) is 36.4 Å². The van der Waals surface area contributed by atoms with Gasteiger partial charge in [-0.3, -0.25) is 0 Å². The zero-order chi connectivity index (χ0) is 14.7. The van der Waals surface area contributed by atoms with Crippen molar-refractivity contribution in [3.8, 4) is 0 Å². The largest absolute Gasteiger partial charge is 0.629 e. The first-order valence-corrected chi connectivity index (χ1v) is 6.88. The molecular weight excluding hydrogens is 269 g/mol. The van der Waals surface area contributed by atoms with Crippen LogP contribution in [0.2, 0.25) is 0 Å². The van der Waals surface area contributed by atoms with Crippen molar-refractivity contribution in [3.63, 3.8) is 0 Å². The van der Waals surface area contributed by atoms with Gasteiger partial charge in [-0.25, -0.2) is 0 Å². The van der Waals surface area contributed by atoms with Crippen LogP contribution in [0.25, 0.3) is 6.08 Å². The first-order chi connectivity index (χ1) is 10.2. The maximum absolute atomic E-state index is 10.0. The van der Waals surface area contributed by atoms with Crippen molar-refractivity contribution < 1.29 is 19.5 Å². The first kappa shape index (κ1) is 13.5. The molecule has 0 saturated carbocycles. The van der Waals surface area contributed by atoms with Crippen molar-refractivity contribution >= 4 is 13.2 Å². The van der Waals surface area contributed by atoms with E-state index in [0.29, 0.717) is 12.1 Å². The van der Waals surface area contributed by atoms with E-state index in [1.165, 1.54) is 6.20 Å². The van der Waals surface area contributed by atoms with Crippen LogP contribution in [0.4, 0.5) is 0 Å². The zero-order valence-electron chi connectivity index (χ0n) is 11.5. The smallest absolute Gasteiger partial charge is 0.494 e. The summed E-state index contributed by atoms with van der Waals surface area (Å²) in [6, 6.07) is 9.65. The van der Waals surface area contributed by atoms with Gasteiger partial charge in [0.2, 0.25) is 0 Å². The molecule has 21 heavy (non-hydrogen) atoms. The molecule has 2 aliphatic rings. The number of nitrogens with zero attached hydrogens (tertiary/aromatic N) is 1. The second-order valence-corrected chi connectivity index (χ2v) is 4.89. The van der Waals surface area contributed by atoms with E-state index in [0.717, 1.165) is 18.5 Å². The van der Waals surface area contributed by atoms with Crippen molar-refractivity contribution in [1.82, 2.24) is 4.90 Å². The second-order valence-electron chi connectivity index (χ2n) is 4.89. The summed E-state index contributed by atoms with van der Waals surface area (Å²) >= 11 is 0. The number of aliphatic hydroxyl groups is 2. The summed E-state index contributed by atoms with van der Waals surface area (Å²) in [7, 11) is -0.878. The molecule has 0 radical (unpaired) electrons. The van der Waals surface area contributed by atoms with Crippen LogP contribution in [-0.2, 0) is 9.31 Å². The quantitative estimate of drug-likeness (QED) is 0.818. The highest BCUT2D eigenvalue weighted by Gasteiger charge is 2.30. The lowest BCUT2D eigenvalue weighted by Crippen LogP contribution is -2.26. The van der Waals surface area contributed by atoms with E-state index in [4.69, 9.17) is 9.31 Å². The molecule has 0 atom stereocenters. The third kappa shape index (κ3) is 3.16. The minimum Gasteiger partial charge on any atom is -0.494 e. The van der Waals surface area contributed by atoms with Gasteiger partial charge < -0.3 is 24.4 Å². The summed E-state index contributed by atoms with van der Waals surface area (Å²) in [6.45, 7) is 0.723. The molecule has 2 aliphatic heterocycles. The van der Waals surface area contributed by atoms with E-state index in [1.54, 1.807) is 10.9 Å². The van der Waals surface area contributed by atoms with Crippen LogP contribution in [0.3, 0.4) is 0 Å². The predicted octanol–water partition coefficient (Wildman–Crippen LogP) is 2.95. The number of hydrogen-bond acceptors (Lipinski definition) is 5. The summed E-state index contributed by atoms with van der Waals surface area (Å²) < 4.78 is 10.6. The maximum atomic E-state index is 10.0. The molecule has 108 valence electrons. The number of rotatable bonds is 2. The van der Waals surface area contributed by atoms with Gasteiger partial charge >= 0.3 is 7.12 Å². The molecule has 3 rings (SSSR count). The third-order valence-electron chi connectivity index (χ3n) is 3.38. The molecule has 2 heterocycles. The van der Waals surface area contributed by atoms with Gasteiger partial charge in [0, 0.05) is 6.54 Å². The van der Waals surface area contributed by atoms with Gasteiger partial charge in [0.25, 0.3) is 11.9 Å². The highest BCUT2D eigenvalue weighted by molar-refractivity contribution is 6.52. The molecular formula is C15H16BNO4. The van der Waals surface area contributed by atoms with Gasteiger partial charge in [0.1, 0.15) is 0 Å². The fourth-order valence-electron chi connectivity index (χ4n) is 2.38. The third-order valence-corrected chi connectivity index (χ3v) is 3.38. The minimum atomic E-state index is -0.878. The first-order valence-electron chi connectivity index (χ1n) is 6.88. The molecule has 0 unspecified atom stereocenters. The summed E-state index contributed by atoms with van der Waals surface area (Å²) in [5.74, 6) is 1.25. The molecule has 1 saturated heterocycles. The fourth-order valence-corrected chi connectivity index (χ4v) is 2.38. The van der Waals surface area contributed by atoms with Crippen LogP contribution in [0.15, 0.2) is 60.1 Å². The van der Waals surface area contributed by atoms with Crippen LogP contribution in [-0.4, -0.2) is 28.8 Å². The van der Waals surface area contributed by atoms with Crippen molar-refractivity contribution in [2.24, 2.45) is 0 Å². The van der Waals surface area contributed by atoms with E-state index in [-0.39, 0.29) is 11.9 Å². The molecule has 1 fully saturated rings. The summed E-state index contributed by atoms with van der Waals surface area (Å²) in [5.41, 5.74) is 1.65. The van der Waals surface area contributed by atoms with E-state index < -0.39 is 7.12 Å². The molecule has 1 aromatic rings. The Hall–Kier alpha value is -2.50. The molecule has 0 spiro atoms. The summed E-state index contributed by atoms with van der Waals surface area (Å²) in [5, 5.41) is 19.8. The average Bonchev–Trinajstić information content (AvgIpc) is 2.92. The molecule has 0 amide bonds. The van der Waals surface area contributed by atoms with Crippen molar-refractivity contribution in [2.45, 2.75) is 12.8 Å². The van der Waals surface area contributed by atoms with Crippen molar-refractivity contribution in [3.05, 3.63) is 65.7 Å². The van der Waals surface area contributed by atoms with Crippen LogP contribution < -0.4 is 0 Å². The number of allylic oxidation sites excluding steroid dienone is 1. The zero-order valence-corrected chi connectivity index (χ0v) is 11.5. The molecule has 0 aliphatic carbocycles. The van der Waals surface area contributed by atoms with Crippen LogP contribution in [0.5, 0.6) is 0 Å². The Morgan fingerprint density at radius 2 is 1.95 bits per heavy atom. The predicted molar refractivity (Wildman–Crippen MR) is 79.7 cm³/mol. The SMILES string of the molecule is O/C1=C/N2CCC/C2=C(\O)OB(C=Cc2ccccc2)O1. The van der Waals surface area contributed by atoms with Gasteiger partial charge in [-0.15, -0.1) is 0 Å². The number of fused-ring (bicyclic) bond motifs is 1. The van der Waals surface area contributed by atoms with Gasteiger partial charge in [-0.2, -0.15) is 0 Å². The van der Waals surface area contributed by atoms with Gasteiger partial charge in [0.05, 0.1) is 11.9 Å². The van der Waals surface area contributed by atoms with Gasteiger partial charge in [-0.05, 0) is 24.4 Å². The van der Waals surface area contributed by atoms with E-state index in [2.05, 4.69) is 0 Å². The Morgan fingerprint density at radius 3 is 2.76 bits per heavy atom. The molecule has 5 nitrogen and oxygen atoms in total. The normalized spacial score (nSPS) is 24.7. The molecule has 6 heteroatoms. The molecule has 2 N–H and O–H groups in total. The highest BCUT2D eigenvalue weighted by Crippen LogP contribution is 2.27. The number of aliphatic hydroxyl groups excluding tert-OH is 2. The monoisotopic (exact) mass is 285 g/mol. The lowest BCUT2D eigenvalue weighted by Gasteiger charge is -2.22. The van der Waals surface area contributed by atoms with Gasteiger partial charge in [0.15, 0.2) is 0 Å². The van der Waals surface area contributed by atoms with E-state index >= 15 is 0 Å². The van der Waals surface area contributed by atoms with Crippen LogP contribution in [0, 0.1) is 0 Å². The summed E-state index contributed by atoms with van der Waals surface area (Å²) in [4.78, 5) is 1.74. The Balaban J connectivity index is 1.79. The lowest BCUT2D eigenvalue weighted by molar-refractivity contribution is 0.118. The van der Waals surface area contributed by atoms with Crippen LogP contribution in [0.1, 0.15) is 18.4 Å². The maximum Gasteiger partial charge on any atom is 0.629 e.